The number of benzene rings is 2. The maximum absolute atomic E-state index is 13.0. The fourth-order valence-electron chi connectivity index (χ4n) is 3.43. The number of fused-ring (bicyclic) bond motifs is 1. The standard InChI is InChI=1S/C24H23N5O3/c1-4-16-7-11-18(12-8-16)26-20(30)14-29-23(31)19-13-25-21(17-9-5-15(2)6-10-17)27-22(19)28(3)24(29)32/h5-13H,4,14H2,1-3H3,(H,26,30). The highest BCUT2D eigenvalue weighted by atomic mass is 16.2. The van der Waals surface area contributed by atoms with Gasteiger partial charge >= 0.3 is 5.69 Å². The zero-order chi connectivity index (χ0) is 22.8. The van der Waals surface area contributed by atoms with E-state index in [9.17, 15) is 14.4 Å². The fourth-order valence-corrected chi connectivity index (χ4v) is 3.43. The second-order valence-electron chi connectivity index (χ2n) is 7.63. The van der Waals surface area contributed by atoms with Crippen molar-refractivity contribution in [2.24, 2.45) is 7.05 Å². The molecule has 8 heteroatoms. The summed E-state index contributed by atoms with van der Waals surface area (Å²) >= 11 is 0. The molecule has 162 valence electrons. The van der Waals surface area contributed by atoms with Crippen LogP contribution >= 0.6 is 0 Å². The Bertz CT molecular complexity index is 1420. The van der Waals surface area contributed by atoms with Crippen LogP contribution in [0.5, 0.6) is 0 Å². The van der Waals surface area contributed by atoms with E-state index in [1.807, 2.05) is 50.2 Å². The molecule has 2 heterocycles. The van der Waals surface area contributed by atoms with E-state index in [1.165, 1.54) is 17.8 Å². The summed E-state index contributed by atoms with van der Waals surface area (Å²) in [6.07, 6.45) is 2.29. The number of hydrogen-bond donors (Lipinski definition) is 1. The van der Waals surface area contributed by atoms with Crippen LogP contribution < -0.4 is 16.6 Å². The number of amides is 1. The zero-order valence-corrected chi connectivity index (χ0v) is 18.1. The topological polar surface area (TPSA) is 98.9 Å². The van der Waals surface area contributed by atoms with Crippen molar-refractivity contribution in [2.45, 2.75) is 26.8 Å². The normalized spacial score (nSPS) is 11.0. The predicted octanol–water partition coefficient (Wildman–Crippen LogP) is 2.67. The maximum Gasteiger partial charge on any atom is 0.332 e. The second kappa shape index (κ2) is 8.58. The molecule has 0 aliphatic heterocycles. The summed E-state index contributed by atoms with van der Waals surface area (Å²) in [6, 6.07) is 15.1. The molecule has 2 aromatic heterocycles. The van der Waals surface area contributed by atoms with Gasteiger partial charge in [-0.25, -0.2) is 14.8 Å². The van der Waals surface area contributed by atoms with Crippen LogP contribution in [0.2, 0.25) is 0 Å². The summed E-state index contributed by atoms with van der Waals surface area (Å²) in [5.74, 6) is -0.0529. The number of anilines is 1. The molecular weight excluding hydrogens is 406 g/mol. The van der Waals surface area contributed by atoms with Crippen LogP contribution in [0, 0.1) is 6.92 Å². The zero-order valence-electron chi connectivity index (χ0n) is 18.1. The molecular formula is C24H23N5O3. The Morgan fingerprint density at radius 3 is 2.38 bits per heavy atom. The SMILES string of the molecule is CCc1ccc(NC(=O)Cn2c(=O)c3cnc(-c4ccc(C)cc4)nc3n(C)c2=O)cc1. The molecule has 0 aliphatic rings. The Kier molecular flexibility index (Phi) is 5.68. The lowest BCUT2D eigenvalue weighted by Crippen LogP contribution is -2.42. The summed E-state index contributed by atoms with van der Waals surface area (Å²) in [4.78, 5) is 47.1. The first-order valence-electron chi connectivity index (χ1n) is 10.3. The first-order valence-corrected chi connectivity index (χ1v) is 10.3. The third-order valence-electron chi connectivity index (χ3n) is 5.34. The summed E-state index contributed by atoms with van der Waals surface area (Å²) in [5.41, 5.74) is 2.63. The fraction of sp³-hybridized carbons (Fsp3) is 0.208. The van der Waals surface area contributed by atoms with E-state index < -0.39 is 23.7 Å². The van der Waals surface area contributed by atoms with Gasteiger partial charge in [0.2, 0.25) is 5.91 Å². The Morgan fingerprint density at radius 1 is 1.03 bits per heavy atom. The molecule has 2 aromatic carbocycles. The van der Waals surface area contributed by atoms with Gasteiger partial charge in [0.05, 0.1) is 0 Å². The van der Waals surface area contributed by atoms with E-state index in [0.717, 1.165) is 27.7 Å². The number of aryl methyl sites for hydroxylation is 3. The van der Waals surface area contributed by atoms with Crippen LogP contribution in [0.15, 0.2) is 64.3 Å². The summed E-state index contributed by atoms with van der Waals surface area (Å²) in [7, 11) is 1.52. The summed E-state index contributed by atoms with van der Waals surface area (Å²) in [6.45, 7) is 3.62. The van der Waals surface area contributed by atoms with E-state index in [4.69, 9.17) is 0 Å². The second-order valence-corrected chi connectivity index (χ2v) is 7.63. The maximum atomic E-state index is 13.0. The van der Waals surface area contributed by atoms with Gasteiger partial charge in [-0.3, -0.25) is 18.7 Å². The van der Waals surface area contributed by atoms with Crippen molar-refractivity contribution in [2.75, 3.05) is 5.32 Å². The van der Waals surface area contributed by atoms with Crippen LogP contribution in [0.4, 0.5) is 5.69 Å². The van der Waals surface area contributed by atoms with Gasteiger partial charge in [0.1, 0.15) is 11.9 Å². The number of hydrogen-bond acceptors (Lipinski definition) is 5. The summed E-state index contributed by atoms with van der Waals surface area (Å²) in [5, 5.41) is 2.89. The van der Waals surface area contributed by atoms with Gasteiger partial charge in [0.15, 0.2) is 11.5 Å². The minimum absolute atomic E-state index is 0.170. The monoisotopic (exact) mass is 429 g/mol. The molecule has 0 saturated carbocycles. The number of rotatable bonds is 5. The van der Waals surface area contributed by atoms with Gasteiger partial charge in [-0.1, -0.05) is 48.9 Å². The van der Waals surface area contributed by atoms with Gasteiger partial charge in [-0.2, -0.15) is 0 Å². The van der Waals surface area contributed by atoms with Crippen LogP contribution in [0.25, 0.3) is 22.4 Å². The molecule has 0 atom stereocenters. The molecule has 8 nitrogen and oxygen atoms in total. The number of carbonyl (C=O) groups excluding carboxylic acids is 1. The highest BCUT2D eigenvalue weighted by molar-refractivity contribution is 5.90. The number of nitrogens with zero attached hydrogens (tertiary/aromatic N) is 4. The average molecular weight is 429 g/mol. The van der Waals surface area contributed by atoms with Gasteiger partial charge in [0, 0.05) is 24.5 Å². The molecule has 0 bridgehead atoms. The number of aromatic nitrogens is 4. The smallest absolute Gasteiger partial charge is 0.325 e. The molecule has 4 rings (SSSR count). The van der Waals surface area contributed by atoms with Crippen LogP contribution in [-0.4, -0.2) is 25.0 Å². The number of nitrogens with one attached hydrogen (secondary N) is 1. The Hall–Kier alpha value is -4.07. The Balaban J connectivity index is 1.67. The lowest BCUT2D eigenvalue weighted by atomic mass is 10.1. The van der Waals surface area contributed by atoms with E-state index in [-0.39, 0.29) is 11.0 Å². The quantitative estimate of drug-likeness (QED) is 0.526. The van der Waals surface area contributed by atoms with Gasteiger partial charge < -0.3 is 5.32 Å². The summed E-state index contributed by atoms with van der Waals surface area (Å²) < 4.78 is 2.16. The molecule has 0 radical (unpaired) electrons. The van der Waals surface area contributed by atoms with E-state index >= 15 is 0 Å². The van der Waals surface area contributed by atoms with Crippen molar-refractivity contribution in [1.29, 1.82) is 0 Å². The van der Waals surface area contributed by atoms with E-state index in [0.29, 0.717) is 11.5 Å². The lowest BCUT2D eigenvalue weighted by Gasteiger charge is -2.11. The molecule has 1 amide bonds. The first-order chi connectivity index (χ1) is 15.4. The average Bonchev–Trinajstić information content (AvgIpc) is 2.81. The predicted molar refractivity (Wildman–Crippen MR) is 124 cm³/mol. The van der Waals surface area contributed by atoms with Gasteiger partial charge in [0.25, 0.3) is 5.56 Å². The van der Waals surface area contributed by atoms with Crippen LogP contribution in [0.3, 0.4) is 0 Å². The van der Waals surface area contributed by atoms with Crippen molar-refractivity contribution < 1.29 is 4.79 Å². The first kappa shape index (κ1) is 21.2. The third kappa shape index (κ3) is 4.07. The molecule has 0 spiro atoms. The highest BCUT2D eigenvalue weighted by Gasteiger charge is 2.16. The van der Waals surface area contributed by atoms with Crippen LogP contribution in [0.1, 0.15) is 18.1 Å². The Morgan fingerprint density at radius 2 is 1.72 bits per heavy atom. The molecule has 0 aliphatic carbocycles. The van der Waals surface area contributed by atoms with Crippen LogP contribution in [-0.2, 0) is 24.8 Å². The third-order valence-corrected chi connectivity index (χ3v) is 5.34. The van der Waals surface area contributed by atoms with Crippen molar-refractivity contribution in [3.63, 3.8) is 0 Å². The molecule has 0 unspecified atom stereocenters. The minimum atomic E-state index is -0.618. The Labute approximate surface area is 184 Å². The largest absolute Gasteiger partial charge is 0.332 e. The van der Waals surface area contributed by atoms with E-state index in [2.05, 4.69) is 15.3 Å². The van der Waals surface area contributed by atoms with E-state index in [1.54, 1.807) is 12.1 Å². The molecule has 0 saturated heterocycles. The lowest BCUT2D eigenvalue weighted by molar-refractivity contribution is -0.116. The molecule has 0 fully saturated rings. The molecule has 4 aromatic rings. The number of carbonyl (C=O) groups is 1. The van der Waals surface area contributed by atoms with Gasteiger partial charge in [-0.15, -0.1) is 0 Å². The van der Waals surface area contributed by atoms with Crippen molar-refractivity contribution in [3.05, 3.63) is 86.7 Å². The molecule has 1 N–H and O–H groups in total. The minimum Gasteiger partial charge on any atom is -0.325 e. The van der Waals surface area contributed by atoms with Crippen molar-refractivity contribution in [3.8, 4) is 11.4 Å². The van der Waals surface area contributed by atoms with Crippen molar-refractivity contribution in [1.82, 2.24) is 19.1 Å². The van der Waals surface area contributed by atoms with Gasteiger partial charge in [-0.05, 0) is 31.0 Å². The highest BCUT2D eigenvalue weighted by Crippen LogP contribution is 2.17. The van der Waals surface area contributed by atoms with Crippen molar-refractivity contribution >= 4 is 22.6 Å². The molecule has 32 heavy (non-hydrogen) atoms.